The first-order valence-corrected chi connectivity index (χ1v) is 3.83. The number of aryl methyl sites for hydroxylation is 1. The first-order chi connectivity index (χ1) is 5.65. The molecule has 0 aromatic heterocycles. The van der Waals surface area contributed by atoms with Gasteiger partial charge in [-0.3, -0.25) is 0 Å². The van der Waals surface area contributed by atoms with E-state index in [-0.39, 0.29) is 5.75 Å². The van der Waals surface area contributed by atoms with Crippen LogP contribution in [0.5, 0.6) is 5.75 Å². The summed E-state index contributed by atoms with van der Waals surface area (Å²) in [7, 11) is 0. The zero-order valence-corrected chi connectivity index (χ0v) is 7.17. The molecule has 2 nitrogen and oxygen atoms in total. The molecule has 12 heavy (non-hydrogen) atoms. The molecule has 0 fully saturated rings. The molecule has 1 aromatic carbocycles. The standard InChI is InChI=1S/C10H13NO/c1-7-3-4-9(8(2)6-11)10(12)5-7/h3-5,12H,2,6,11H2,1H3. The molecule has 0 radical (unpaired) electrons. The smallest absolute Gasteiger partial charge is 0.123 e. The molecule has 0 atom stereocenters. The van der Waals surface area contributed by atoms with Gasteiger partial charge in [-0.25, -0.2) is 0 Å². The second kappa shape index (κ2) is 3.41. The summed E-state index contributed by atoms with van der Waals surface area (Å²) in [6, 6.07) is 5.46. The van der Waals surface area contributed by atoms with Crippen molar-refractivity contribution in [2.45, 2.75) is 6.92 Å². The van der Waals surface area contributed by atoms with Crippen LogP contribution in [0.1, 0.15) is 11.1 Å². The summed E-state index contributed by atoms with van der Waals surface area (Å²) in [6.07, 6.45) is 0. The van der Waals surface area contributed by atoms with Gasteiger partial charge in [0.25, 0.3) is 0 Å². The number of rotatable bonds is 2. The van der Waals surface area contributed by atoms with E-state index in [1.54, 1.807) is 6.07 Å². The van der Waals surface area contributed by atoms with Crippen LogP contribution in [0.4, 0.5) is 0 Å². The van der Waals surface area contributed by atoms with Crippen LogP contribution in [0, 0.1) is 6.92 Å². The van der Waals surface area contributed by atoms with Gasteiger partial charge in [0.15, 0.2) is 0 Å². The molecular weight excluding hydrogens is 150 g/mol. The van der Waals surface area contributed by atoms with Crippen molar-refractivity contribution < 1.29 is 5.11 Å². The van der Waals surface area contributed by atoms with Gasteiger partial charge in [0.05, 0.1) is 0 Å². The fourth-order valence-corrected chi connectivity index (χ4v) is 1.05. The van der Waals surface area contributed by atoms with Crippen LogP contribution in [0.15, 0.2) is 24.8 Å². The number of nitrogens with two attached hydrogens (primary N) is 1. The number of hydrogen-bond donors (Lipinski definition) is 2. The van der Waals surface area contributed by atoms with Crippen molar-refractivity contribution in [3.63, 3.8) is 0 Å². The predicted molar refractivity (Wildman–Crippen MR) is 50.9 cm³/mol. The summed E-state index contributed by atoms with van der Waals surface area (Å²) in [5, 5.41) is 9.48. The topological polar surface area (TPSA) is 46.2 Å². The van der Waals surface area contributed by atoms with Gasteiger partial charge < -0.3 is 10.8 Å². The van der Waals surface area contributed by atoms with Crippen molar-refractivity contribution in [1.82, 2.24) is 0 Å². The van der Waals surface area contributed by atoms with E-state index < -0.39 is 0 Å². The Morgan fingerprint density at radius 1 is 1.58 bits per heavy atom. The van der Waals surface area contributed by atoms with Gasteiger partial charge in [-0.1, -0.05) is 18.7 Å². The molecule has 0 aliphatic carbocycles. The zero-order chi connectivity index (χ0) is 9.14. The van der Waals surface area contributed by atoms with Crippen LogP contribution in [0.2, 0.25) is 0 Å². The Hall–Kier alpha value is -1.28. The maximum absolute atomic E-state index is 9.48. The van der Waals surface area contributed by atoms with Crippen molar-refractivity contribution >= 4 is 5.57 Å². The third kappa shape index (κ3) is 1.66. The average molecular weight is 163 g/mol. The molecule has 0 saturated heterocycles. The second-order valence-electron chi connectivity index (χ2n) is 2.83. The molecular formula is C10H13NO. The highest BCUT2D eigenvalue weighted by molar-refractivity contribution is 5.69. The highest BCUT2D eigenvalue weighted by atomic mass is 16.3. The van der Waals surface area contributed by atoms with E-state index in [0.29, 0.717) is 6.54 Å². The minimum atomic E-state index is 0.255. The molecule has 3 N–H and O–H groups in total. The van der Waals surface area contributed by atoms with Crippen LogP contribution < -0.4 is 5.73 Å². The number of phenolic OH excluding ortho intramolecular Hbond substituents is 1. The Kier molecular flexibility index (Phi) is 2.51. The molecule has 2 heteroatoms. The van der Waals surface area contributed by atoms with E-state index in [4.69, 9.17) is 5.73 Å². The van der Waals surface area contributed by atoms with Crippen LogP contribution in [-0.2, 0) is 0 Å². The summed E-state index contributed by atoms with van der Waals surface area (Å²) in [5.41, 5.74) is 7.93. The Balaban J connectivity index is 3.09. The third-order valence-corrected chi connectivity index (χ3v) is 1.78. The van der Waals surface area contributed by atoms with Crippen molar-refractivity contribution in [2.75, 3.05) is 6.54 Å². The predicted octanol–water partition coefficient (Wildman–Crippen LogP) is 1.67. The highest BCUT2D eigenvalue weighted by Crippen LogP contribution is 2.23. The molecule has 0 heterocycles. The van der Waals surface area contributed by atoms with Crippen molar-refractivity contribution in [3.05, 3.63) is 35.9 Å². The summed E-state index contributed by atoms with van der Waals surface area (Å²) >= 11 is 0. The summed E-state index contributed by atoms with van der Waals surface area (Å²) < 4.78 is 0. The second-order valence-corrected chi connectivity index (χ2v) is 2.83. The van der Waals surface area contributed by atoms with E-state index in [1.165, 1.54) is 0 Å². The lowest BCUT2D eigenvalue weighted by atomic mass is 10.0. The molecule has 0 saturated carbocycles. The lowest BCUT2D eigenvalue weighted by molar-refractivity contribution is 0.473. The SMILES string of the molecule is C=C(CN)c1ccc(C)cc1O. The average Bonchev–Trinajstić information content (AvgIpc) is 2.03. The molecule has 1 rings (SSSR count). The first-order valence-electron chi connectivity index (χ1n) is 3.83. The molecule has 0 amide bonds. The maximum Gasteiger partial charge on any atom is 0.123 e. The largest absolute Gasteiger partial charge is 0.507 e. The summed E-state index contributed by atoms with van der Waals surface area (Å²) in [4.78, 5) is 0. The van der Waals surface area contributed by atoms with Gasteiger partial charge in [0, 0.05) is 12.1 Å². The molecule has 0 spiro atoms. The normalized spacial score (nSPS) is 9.83. The van der Waals surface area contributed by atoms with E-state index >= 15 is 0 Å². The molecule has 0 aliphatic heterocycles. The molecule has 64 valence electrons. The molecule has 0 bridgehead atoms. The van der Waals surface area contributed by atoms with Gasteiger partial charge in [-0.05, 0) is 24.1 Å². The van der Waals surface area contributed by atoms with Crippen LogP contribution >= 0.6 is 0 Å². The number of hydrogen-bond acceptors (Lipinski definition) is 2. The minimum absolute atomic E-state index is 0.255. The van der Waals surface area contributed by atoms with E-state index in [2.05, 4.69) is 6.58 Å². The van der Waals surface area contributed by atoms with Crippen molar-refractivity contribution in [3.8, 4) is 5.75 Å². The Morgan fingerprint density at radius 3 is 2.75 bits per heavy atom. The maximum atomic E-state index is 9.48. The zero-order valence-electron chi connectivity index (χ0n) is 7.17. The fourth-order valence-electron chi connectivity index (χ4n) is 1.05. The first kappa shape index (κ1) is 8.81. The third-order valence-electron chi connectivity index (χ3n) is 1.78. The van der Waals surface area contributed by atoms with Crippen LogP contribution in [-0.4, -0.2) is 11.7 Å². The van der Waals surface area contributed by atoms with Gasteiger partial charge in [0.1, 0.15) is 5.75 Å². The van der Waals surface area contributed by atoms with Gasteiger partial charge in [-0.2, -0.15) is 0 Å². The summed E-state index contributed by atoms with van der Waals surface area (Å²) in [5.74, 6) is 0.255. The van der Waals surface area contributed by atoms with Gasteiger partial charge in [-0.15, -0.1) is 0 Å². The highest BCUT2D eigenvalue weighted by Gasteiger charge is 2.02. The fraction of sp³-hybridized carbons (Fsp3) is 0.200. The quantitative estimate of drug-likeness (QED) is 0.696. The number of aromatic hydroxyl groups is 1. The lowest BCUT2D eigenvalue weighted by Crippen LogP contribution is -2.01. The molecule has 0 aliphatic rings. The van der Waals surface area contributed by atoms with E-state index in [0.717, 1.165) is 16.7 Å². The van der Waals surface area contributed by atoms with E-state index in [1.807, 2.05) is 19.1 Å². The van der Waals surface area contributed by atoms with Gasteiger partial charge >= 0.3 is 0 Å². The summed E-state index contributed by atoms with van der Waals surface area (Å²) in [6.45, 7) is 6.05. The van der Waals surface area contributed by atoms with E-state index in [9.17, 15) is 5.11 Å². The number of phenols is 1. The van der Waals surface area contributed by atoms with Crippen LogP contribution in [0.3, 0.4) is 0 Å². The monoisotopic (exact) mass is 163 g/mol. The Morgan fingerprint density at radius 2 is 2.25 bits per heavy atom. The Labute approximate surface area is 72.3 Å². The molecule has 1 aromatic rings. The van der Waals surface area contributed by atoms with Gasteiger partial charge in [0.2, 0.25) is 0 Å². The lowest BCUT2D eigenvalue weighted by Gasteiger charge is -2.05. The van der Waals surface area contributed by atoms with Crippen molar-refractivity contribution in [1.29, 1.82) is 0 Å². The Bertz CT molecular complexity index is 305. The molecule has 0 unspecified atom stereocenters. The van der Waals surface area contributed by atoms with Crippen LogP contribution in [0.25, 0.3) is 5.57 Å². The number of benzene rings is 1. The minimum Gasteiger partial charge on any atom is -0.507 e. The van der Waals surface area contributed by atoms with Crippen molar-refractivity contribution in [2.24, 2.45) is 5.73 Å².